The maximum atomic E-state index is 13.1. The average Bonchev–Trinajstić information content (AvgIpc) is 2.71. The van der Waals surface area contributed by atoms with E-state index < -0.39 is 11.7 Å². The first-order valence-corrected chi connectivity index (χ1v) is 9.64. The van der Waals surface area contributed by atoms with Gasteiger partial charge in [0.05, 0.1) is 19.3 Å². The molecule has 1 aromatic rings. The van der Waals surface area contributed by atoms with Crippen LogP contribution in [-0.4, -0.2) is 44.0 Å². The number of carbonyl (C=O) groups is 1. The Balaban J connectivity index is 2.02. The summed E-state index contributed by atoms with van der Waals surface area (Å²) in [5.74, 6) is 0.341. The molecule has 3 rings (SSSR count). The van der Waals surface area contributed by atoms with Crippen LogP contribution < -0.4 is 15.4 Å². The van der Waals surface area contributed by atoms with Crippen molar-refractivity contribution in [3.8, 4) is 0 Å². The molecule has 2 atom stereocenters. The van der Waals surface area contributed by atoms with E-state index in [1.165, 1.54) is 0 Å². The van der Waals surface area contributed by atoms with Crippen LogP contribution in [0.25, 0.3) is 0 Å². The fourth-order valence-corrected chi connectivity index (χ4v) is 3.54. The Kier molecular flexibility index (Phi) is 6.46. The number of nitrogens with one attached hydrogen (secondary N) is 2. The predicted molar refractivity (Wildman–Crippen MR) is 97.2 cm³/mol. The molecule has 2 saturated heterocycles. The summed E-state index contributed by atoms with van der Waals surface area (Å²) >= 11 is 0. The molecule has 27 heavy (non-hydrogen) atoms. The standard InChI is InChI=1S/C18H28N4O5/c1-3-18(7-5-6-9-27-18)16-20-13(14-12-19-8-10-26-14)11-15(22(16)24)21-17(23)25-4-2/h11,14,19H,3-10,12H2,1-2H3,(H,21,23). The van der Waals surface area contributed by atoms with Crippen molar-refractivity contribution in [3.63, 3.8) is 0 Å². The summed E-state index contributed by atoms with van der Waals surface area (Å²) in [5, 5.41) is 18.8. The predicted octanol–water partition coefficient (Wildman–Crippen LogP) is 1.75. The molecule has 2 aliphatic heterocycles. The zero-order chi connectivity index (χ0) is 19.3. The third-order valence-corrected chi connectivity index (χ3v) is 5.03. The molecule has 150 valence electrons. The lowest BCUT2D eigenvalue weighted by Gasteiger charge is -2.35. The first-order chi connectivity index (χ1) is 13.1. The lowest BCUT2D eigenvalue weighted by atomic mass is 9.90. The minimum Gasteiger partial charge on any atom is -0.740 e. The molecule has 0 bridgehead atoms. The molecule has 2 N–H and O–H groups in total. The normalized spacial score (nSPS) is 25.8. The Morgan fingerprint density at radius 2 is 2.33 bits per heavy atom. The Bertz CT molecular complexity index is 657. The number of anilines is 1. The molecule has 0 spiro atoms. The molecule has 2 fully saturated rings. The van der Waals surface area contributed by atoms with Crippen molar-refractivity contribution in [3.05, 3.63) is 22.8 Å². The van der Waals surface area contributed by atoms with E-state index in [2.05, 4.69) is 15.6 Å². The molecule has 2 unspecified atom stereocenters. The average molecular weight is 380 g/mol. The lowest BCUT2D eigenvalue weighted by Crippen LogP contribution is -2.49. The highest BCUT2D eigenvalue weighted by Crippen LogP contribution is 2.36. The largest absolute Gasteiger partial charge is 0.740 e. The molecule has 0 radical (unpaired) electrons. The van der Waals surface area contributed by atoms with Gasteiger partial charge in [-0.05, 0) is 32.6 Å². The summed E-state index contributed by atoms with van der Waals surface area (Å²) in [6.07, 6.45) is 2.28. The van der Waals surface area contributed by atoms with Crippen LogP contribution in [-0.2, 0) is 19.8 Å². The Morgan fingerprint density at radius 3 is 2.96 bits per heavy atom. The monoisotopic (exact) mass is 380 g/mol. The van der Waals surface area contributed by atoms with E-state index in [4.69, 9.17) is 14.2 Å². The highest BCUT2D eigenvalue weighted by molar-refractivity contribution is 5.82. The molecule has 2 aliphatic rings. The number of hydrogen-bond donors (Lipinski definition) is 2. The van der Waals surface area contributed by atoms with Crippen LogP contribution in [0.4, 0.5) is 10.6 Å². The number of amides is 1. The van der Waals surface area contributed by atoms with Crippen LogP contribution in [0.1, 0.15) is 57.2 Å². The number of ether oxygens (including phenoxy) is 3. The van der Waals surface area contributed by atoms with Gasteiger partial charge in [0.25, 0.3) is 5.82 Å². The third-order valence-electron chi connectivity index (χ3n) is 5.03. The molecule has 0 aromatic carbocycles. The van der Waals surface area contributed by atoms with E-state index in [0.717, 1.165) is 19.4 Å². The molecule has 9 nitrogen and oxygen atoms in total. The Hall–Kier alpha value is -1.97. The van der Waals surface area contributed by atoms with E-state index in [9.17, 15) is 10.0 Å². The fourth-order valence-electron chi connectivity index (χ4n) is 3.54. The quantitative estimate of drug-likeness (QED) is 0.592. The topological polar surface area (TPSA) is 109 Å². The first-order valence-electron chi connectivity index (χ1n) is 9.64. The van der Waals surface area contributed by atoms with E-state index >= 15 is 0 Å². The fraction of sp³-hybridized carbons (Fsp3) is 0.722. The summed E-state index contributed by atoms with van der Waals surface area (Å²) in [7, 11) is 0. The van der Waals surface area contributed by atoms with E-state index in [1.807, 2.05) is 6.92 Å². The van der Waals surface area contributed by atoms with Crippen LogP contribution in [0.2, 0.25) is 0 Å². The van der Waals surface area contributed by atoms with Gasteiger partial charge in [-0.15, -0.1) is 4.98 Å². The molecule has 0 saturated carbocycles. The second-order valence-electron chi connectivity index (χ2n) is 6.75. The zero-order valence-corrected chi connectivity index (χ0v) is 16.0. The van der Waals surface area contributed by atoms with Gasteiger partial charge in [0, 0.05) is 19.7 Å². The summed E-state index contributed by atoms with van der Waals surface area (Å²) in [5.41, 5.74) is -0.165. The van der Waals surface area contributed by atoms with Crippen molar-refractivity contribution in [2.45, 2.75) is 51.2 Å². The van der Waals surface area contributed by atoms with Crippen molar-refractivity contribution in [2.24, 2.45) is 0 Å². The highest BCUT2D eigenvalue weighted by Gasteiger charge is 2.42. The van der Waals surface area contributed by atoms with Gasteiger partial charge in [-0.3, -0.25) is 0 Å². The first kappa shape index (κ1) is 19.8. The molecular weight excluding hydrogens is 352 g/mol. The maximum Gasteiger partial charge on any atom is 0.473 e. The zero-order valence-electron chi connectivity index (χ0n) is 16.0. The summed E-state index contributed by atoms with van der Waals surface area (Å²) in [6, 6.07) is 1.55. The number of hydrogen-bond acceptors (Lipinski definition) is 7. The van der Waals surface area contributed by atoms with Gasteiger partial charge < -0.3 is 24.7 Å². The Labute approximate surface area is 159 Å². The third kappa shape index (κ3) is 4.31. The van der Waals surface area contributed by atoms with Gasteiger partial charge in [0.2, 0.25) is 5.82 Å². The molecule has 1 aromatic heterocycles. The van der Waals surface area contributed by atoms with Crippen LogP contribution >= 0.6 is 0 Å². The second-order valence-corrected chi connectivity index (χ2v) is 6.75. The van der Waals surface area contributed by atoms with Gasteiger partial charge in [-0.25, -0.2) is 14.8 Å². The van der Waals surface area contributed by atoms with Gasteiger partial charge in [-0.2, -0.15) is 0 Å². The van der Waals surface area contributed by atoms with E-state index in [-0.39, 0.29) is 24.4 Å². The van der Waals surface area contributed by atoms with Gasteiger partial charge in [0.15, 0.2) is 11.3 Å². The molecule has 0 aliphatic carbocycles. The van der Waals surface area contributed by atoms with Crippen molar-refractivity contribution in [1.29, 1.82) is 0 Å². The Morgan fingerprint density at radius 1 is 1.48 bits per heavy atom. The van der Waals surface area contributed by atoms with Crippen molar-refractivity contribution in [1.82, 2.24) is 10.3 Å². The van der Waals surface area contributed by atoms with E-state index in [1.54, 1.807) is 13.0 Å². The second kappa shape index (κ2) is 8.81. The van der Waals surface area contributed by atoms with Crippen molar-refractivity contribution in [2.75, 3.05) is 38.2 Å². The number of morpholine rings is 1. The SMILES string of the molecule is CCOC(=O)Nc1cc(C2CNCCO2)nc(C2(CC)CCCCO2)[n+]1[O-]. The molecule has 3 heterocycles. The van der Waals surface area contributed by atoms with E-state index in [0.29, 0.717) is 43.0 Å². The van der Waals surface area contributed by atoms with Crippen LogP contribution in [0.15, 0.2) is 6.07 Å². The number of nitrogens with zero attached hydrogens (tertiary/aromatic N) is 2. The molecular formula is C18H28N4O5. The minimum atomic E-state index is -0.761. The van der Waals surface area contributed by atoms with Crippen LogP contribution in [0, 0.1) is 5.21 Å². The van der Waals surface area contributed by atoms with Gasteiger partial charge in [-0.1, -0.05) is 6.92 Å². The van der Waals surface area contributed by atoms with Crippen LogP contribution in [0.3, 0.4) is 0 Å². The van der Waals surface area contributed by atoms with Gasteiger partial charge >= 0.3 is 6.09 Å². The number of rotatable bonds is 5. The minimum absolute atomic E-state index is 0.0737. The van der Waals surface area contributed by atoms with Crippen LogP contribution in [0.5, 0.6) is 0 Å². The number of aromatic nitrogens is 2. The lowest BCUT2D eigenvalue weighted by molar-refractivity contribution is -0.613. The molecule has 1 amide bonds. The van der Waals surface area contributed by atoms with Crippen molar-refractivity contribution >= 4 is 11.9 Å². The summed E-state index contributed by atoms with van der Waals surface area (Å²) in [4.78, 5) is 16.6. The highest BCUT2D eigenvalue weighted by atomic mass is 16.6. The van der Waals surface area contributed by atoms with Gasteiger partial charge in [0.1, 0.15) is 6.10 Å². The number of carbonyl (C=O) groups excluding carboxylic acids is 1. The smallest absolute Gasteiger partial charge is 0.473 e. The summed E-state index contributed by atoms with van der Waals surface area (Å²) in [6.45, 7) is 6.41. The summed E-state index contributed by atoms with van der Waals surface area (Å²) < 4.78 is 17.4. The molecule has 9 heteroatoms. The maximum absolute atomic E-state index is 13.1. The van der Waals surface area contributed by atoms with Crippen molar-refractivity contribution < 1.29 is 23.7 Å².